The molecular formula is C41H45ClF3NO6S2. The highest BCUT2D eigenvalue weighted by molar-refractivity contribution is 7.91. The molecule has 290 valence electrons. The monoisotopic (exact) mass is 803 g/mol. The average molecular weight is 804 g/mol. The fraction of sp³-hybridized carbons (Fsp3) is 0.537. The Labute approximate surface area is 322 Å². The van der Waals surface area contributed by atoms with Gasteiger partial charge in [0, 0.05) is 40.5 Å². The van der Waals surface area contributed by atoms with E-state index in [2.05, 4.69) is 26.0 Å². The highest BCUT2D eigenvalue weighted by Crippen LogP contribution is 2.78. The van der Waals surface area contributed by atoms with Gasteiger partial charge in [0.25, 0.3) is 10.0 Å². The smallest absolute Gasteiger partial charge is 0.416 e. The largest absolute Gasteiger partial charge is 0.453 e. The lowest BCUT2D eigenvalue weighted by molar-refractivity contribution is -0.173. The fourth-order valence-electron chi connectivity index (χ4n) is 11.6. The number of nitrogens with zero attached hydrogens (tertiary/aromatic N) is 1. The van der Waals surface area contributed by atoms with Gasteiger partial charge in [-0.05, 0) is 110 Å². The highest BCUT2D eigenvalue weighted by Gasteiger charge is 2.74. The number of thiophene rings is 1. The summed E-state index contributed by atoms with van der Waals surface area (Å²) in [5.41, 5.74) is -4.32. The first-order valence-corrected chi connectivity index (χ1v) is 21.4. The number of sulfonamides is 1. The van der Waals surface area contributed by atoms with Crippen molar-refractivity contribution in [2.24, 2.45) is 33.5 Å². The normalized spacial score (nSPS) is 35.8. The molecule has 1 aromatic carbocycles. The summed E-state index contributed by atoms with van der Waals surface area (Å²) < 4.78 is 76.5. The van der Waals surface area contributed by atoms with Crippen molar-refractivity contribution in [3.8, 4) is 11.3 Å². The van der Waals surface area contributed by atoms with E-state index in [1.54, 1.807) is 17.5 Å². The van der Waals surface area contributed by atoms with Crippen molar-refractivity contribution in [3.63, 3.8) is 0 Å². The Bertz CT molecular complexity index is 2170. The van der Waals surface area contributed by atoms with Gasteiger partial charge in [-0.25, -0.2) is 8.42 Å². The zero-order valence-corrected chi connectivity index (χ0v) is 32.8. The molecule has 7 nitrogen and oxygen atoms in total. The van der Waals surface area contributed by atoms with E-state index in [4.69, 9.17) is 16.0 Å². The number of halogens is 4. The van der Waals surface area contributed by atoms with Crippen molar-refractivity contribution in [2.45, 2.75) is 94.2 Å². The van der Waals surface area contributed by atoms with Crippen LogP contribution in [0.1, 0.15) is 88.3 Å². The number of alkyl halides is 3. The third kappa shape index (κ3) is 5.29. The summed E-state index contributed by atoms with van der Waals surface area (Å²) in [6.45, 7) is 6.41. The van der Waals surface area contributed by atoms with Gasteiger partial charge in [-0.1, -0.05) is 56.7 Å². The van der Waals surface area contributed by atoms with Gasteiger partial charge >= 0.3 is 6.18 Å². The van der Waals surface area contributed by atoms with Crippen LogP contribution in [0, 0.1) is 33.5 Å². The van der Waals surface area contributed by atoms with Crippen LogP contribution in [0.5, 0.6) is 0 Å². The van der Waals surface area contributed by atoms with Crippen LogP contribution in [-0.2, 0) is 16.2 Å². The van der Waals surface area contributed by atoms with Gasteiger partial charge < -0.3 is 14.6 Å². The first-order chi connectivity index (χ1) is 25.4. The molecule has 2 heterocycles. The Kier molecular flexibility index (Phi) is 8.92. The first kappa shape index (κ1) is 38.1. The van der Waals surface area contributed by atoms with Crippen LogP contribution in [0.4, 0.5) is 13.2 Å². The molecule has 0 amide bonds. The third-order valence-electron chi connectivity index (χ3n) is 14.3. The Morgan fingerprint density at radius 3 is 2.46 bits per heavy atom. The molecule has 1 unspecified atom stereocenters. The number of furan rings is 1. The van der Waals surface area contributed by atoms with E-state index in [0.717, 1.165) is 36.0 Å². The zero-order chi connectivity index (χ0) is 38.7. The van der Waals surface area contributed by atoms with E-state index in [1.165, 1.54) is 16.4 Å². The van der Waals surface area contributed by atoms with Gasteiger partial charge in [-0.2, -0.15) is 17.5 Å². The SMILES string of the molecule is CCCN(C[C@]1(O)CC[C@H]2[C@]34C=C[C@@]5(C=C3C(=O)c3ccc(-c6cc(C(F)(F)F)ccc6Cl)o3)CC(O)CC[C@]5(C)[C@H]4CC[C@@]21C)S(=O)(=O)c1cccs1. The summed E-state index contributed by atoms with van der Waals surface area (Å²) in [5, 5.41) is 25.6. The molecule has 3 aromatic rings. The van der Waals surface area contributed by atoms with E-state index in [0.29, 0.717) is 50.5 Å². The molecule has 3 saturated carbocycles. The number of carbonyl (C=O) groups is 1. The Morgan fingerprint density at radius 2 is 1.76 bits per heavy atom. The number of carbonyl (C=O) groups excluding carboxylic acids is 1. The number of rotatable bonds is 9. The van der Waals surface area contributed by atoms with Gasteiger partial charge in [0.15, 0.2) is 5.76 Å². The summed E-state index contributed by atoms with van der Waals surface area (Å²) in [7, 11) is -3.87. The van der Waals surface area contributed by atoms with Gasteiger partial charge in [0.1, 0.15) is 9.97 Å². The van der Waals surface area contributed by atoms with Crippen molar-refractivity contribution < 1.29 is 41.0 Å². The topological polar surface area (TPSA) is 108 Å². The third-order valence-corrected chi connectivity index (χ3v) is 17.9. The molecule has 9 rings (SSSR count). The van der Waals surface area contributed by atoms with Crippen LogP contribution in [0.2, 0.25) is 5.02 Å². The van der Waals surface area contributed by atoms with Gasteiger partial charge in [0.05, 0.1) is 22.3 Å². The summed E-state index contributed by atoms with van der Waals surface area (Å²) in [4.78, 5) is 15.0. The summed E-state index contributed by atoms with van der Waals surface area (Å²) >= 11 is 7.51. The number of Topliss-reactive ketones (excluding diaryl/α,β-unsaturated/α-hetero) is 1. The lowest BCUT2D eigenvalue weighted by Crippen LogP contribution is -2.67. The van der Waals surface area contributed by atoms with Crippen LogP contribution >= 0.6 is 22.9 Å². The molecule has 0 aliphatic heterocycles. The van der Waals surface area contributed by atoms with Crippen molar-refractivity contribution in [1.29, 1.82) is 0 Å². The molecular weight excluding hydrogens is 759 g/mol. The fourth-order valence-corrected chi connectivity index (χ4v) is 14.5. The maximum absolute atomic E-state index is 15.0. The van der Waals surface area contributed by atoms with Crippen molar-refractivity contribution in [2.75, 3.05) is 13.1 Å². The number of ketones is 1. The van der Waals surface area contributed by atoms with Crippen LogP contribution in [0.3, 0.4) is 0 Å². The van der Waals surface area contributed by atoms with E-state index in [-0.39, 0.29) is 56.7 Å². The lowest BCUT2D eigenvalue weighted by atomic mass is 9.32. The van der Waals surface area contributed by atoms with Crippen LogP contribution in [0.15, 0.2) is 80.3 Å². The van der Waals surface area contributed by atoms with Crippen LogP contribution < -0.4 is 0 Å². The quantitative estimate of drug-likeness (QED) is 0.165. The standard InChI is InChI=1S/C41H45ClF3NO6S2/c1-4-19-46(54(50,51)34-6-5-20-53-34)24-39(49)16-13-33-37(39,3)15-12-32-36(2)14-11-26(47)22-38(36)17-18-40(32,33)28(23-38)35(48)31-10-9-30(52-31)27-21-25(41(43,44)45)7-8-29(27)42/h5-10,17-18,20-21,23,26,32-33,47,49H,4,11-16,19,22,24H2,1-3H3/t26?,32-,33-,36-,37+,38+,39-,40-/m1/s1. The van der Waals surface area contributed by atoms with E-state index in [9.17, 15) is 31.8 Å². The Balaban J connectivity index is 1.22. The summed E-state index contributed by atoms with van der Waals surface area (Å²) in [6.07, 6.45) is 5.79. The van der Waals surface area contributed by atoms with E-state index < -0.39 is 55.5 Å². The molecule has 6 aliphatic rings. The lowest BCUT2D eigenvalue weighted by Gasteiger charge is -2.71. The second-order valence-electron chi connectivity index (χ2n) is 16.8. The Hall–Kier alpha value is -2.74. The first-order valence-electron chi connectivity index (χ1n) is 18.7. The zero-order valence-electron chi connectivity index (χ0n) is 30.5. The number of hydrogen-bond acceptors (Lipinski definition) is 7. The van der Waals surface area contributed by atoms with E-state index in [1.807, 2.05) is 13.0 Å². The van der Waals surface area contributed by atoms with Crippen molar-refractivity contribution in [3.05, 3.63) is 88.0 Å². The van der Waals surface area contributed by atoms with Crippen LogP contribution in [-0.4, -0.2) is 53.5 Å². The Morgan fingerprint density at radius 1 is 1.04 bits per heavy atom. The van der Waals surface area contributed by atoms with Crippen molar-refractivity contribution in [1.82, 2.24) is 4.31 Å². The molecule has 0 saturated heterocycles. The van der Waals surface area contributed by atoms with Gasteiger partial charge in [0.2, 0.25) is 5.78 Å². The van der Waals surface area contributed by atoms with E-state index >= 15 is 4.79 Å². The average Bonchev–Trinajstić information content (AvgIpc) is 3.88. The number of allylic oxidation sites excluding steroid dienone is 4. The van der Waals surface area contributed by atoms with Gasteiger partial charge in [-0.15, -0.1) is 11.3 Å². The maximum Gasteiger partial charge on any atom is 0.416 e. The molecule has 0 radical (unpaired) electrons. The second-order valence-corrected chi connectivity index (χ2v) is 20.3. The van der Waals surface area contributed by atoms with Gasteiger partial charge in [-0.3, -0.25) is 4.79 Å². The number of aliphatic hydroxyl groups is 2. The number of hydrogen-bond donors (Lipinski definition) is 2. The minimum absolute atomic E-state index is 0.0161. The summed E-state index contributed by atoms with van der Waals surface area (Å²) in [5.74, 6) is -0.677. The molecule has 13 heteroatoms. The predicted molar refractivity (Wildman–Crippen MR) is 200 cm³/mol. The predicted octanol–water partition coefficient (Wildman–Crippen LogP) is 9.55. The number of aliphatic hydroxyl groups excluding tert-OH is 1. The minimum Gasteiger partial charge on any atom is -0.453 e. The van der Waals surface area contributed by atoms with Crippen molar-refractivity contribution >= 4 is 38.7 Å². The molecule has 2 spiro atoms. The molecule has 6 aliphatic carbocycles. The summed E-state index contributed by atoms with van der Waals surface area (Å²) in [6, 6.07) is 9.19. The molecule has 54 heavy (non-hydrogen) atoms. The number of benzene rings is 1. The molecule has 2 N–H and O–H groups in total. The second kappa shape index (κ2) is 12.6. The number of fused-ring (bicyclic) bond motifs is 1. The van der Waals surface area contributed by atoms with Crippen LogP contribution in [0.25, 0.3) is 11.3 Å². The highest BCUT2D eigenvalue weighted by atomic mass is 35.5. The molecule has 2 bridgehead atoms. The molecule has 3 fully saturated rings. The molecule has 2 aromatic heterocycles. The maximum atomic E-state index is 15.0. The minimum atomic E-state index is -4.60. The molecule has 8 atom stereocenters.